The Balaban J connectivity index is 2.37. The van der Waals surface area contributed by atoms with Crippen molar-refractivity contribution < 1.29 is 9.59 Å². The Hall–Kier alpha value is -2.49. The normalized spacial score (nSPS) is 10.2. The molecule has 0 fully saturated rings. The molecule has 0 unspecified atom stereocenters. The smallest absolute Gasteiger partial charge is 0.225 e. The number of nitrogens with two attached hydrogens (primary N) is 1. The molecule has 0 saturated heterocycles. The van der Waals surface area contributed by atoms with E-state index in [1.165, 1.54) is 0 Å². The minimum Gasteiger partial charge on any atom is -0.369 e. The van der Waals surface area contributed by atoms with E-state index in [2.05, 4.69) is 4.98 Å². The molecule has 1 heterocycles. The van der Waals surface area contributed by atoms with Crippen molar-refractivity contribution in [2.75, 3.05) is 0 Å². The minimum atomic E-state index is -0.618. The maximum Gasteiger partial charge on any atom is 0.225 e. The standard InChI is InChI=1S/C15H14N2O2/c1-10-13(6-3-7-17-10)11-4-2-5-12(8-11)14(18)9-15(16)19/h2-8H,9H2,1H3,(H2,16,19). The van der Waals surface area contributed by atoms with E-state index in [4.69, 9.17) is 5.73 Å². The number of nitrogens with zero attached hydrogens (tertiary/aromatic N) is 1. The number of pyridine rings is 1. The van der Waals surface area contributed by atoms with Gasteiger partial charge in [-0.2, -0.15) is 0 Å². The molecular formula is C15H14N2O2. The van der Waals surface area contributed by atoms with Gasteiger partial charge >= 0.3 is 0 Å². The van der Waals surface area contributed by atoms with E-state index in [-0.39, 0.29) is 12.2 Å². The molecule has 2 N–H and O–H groups in total. The van der Waals surface area contributed by atoms with Gasteiger partial charge in [0.1, 0.15) is 0 Å². The molecule has 0 bridgehead atoms. The number of primary amides is 1. The average molecular weight is 254 g/mol. The maximum atomic E-state index is 11.8. The number of carbonyl (C=O) groups excluding carboxylic acids is 2. The zero-order valence-electron chi connectivity index (χ0n) is 10.6. The van der Waals surface area contributed by atoms with Gasteiger partial charge in [-0.3, -0.25) is 14.6 Å². The molecule has 0 aliphatic heterocycles. The first-order valence-corrected chi connectivity index (χ1v) is 5.91. The molecule has 96 valence electrons. The Morgan fingerprint density at radius 3 is 2.68 bits per heavy atom. The number of hydrogen-bond donors (Lipinski definition) is 1. The minimum absolute atomic E-state index is 0.268. The van der Waals surface area contributed by atoms with Gasteiger partial charge in [-0.25, -0.2) is 0 Å². The van der Waals surface area contributed by atoms with Gasteiger partial charge in [-0.1, -0.05) is 24.3 Å². The second-order valence-electron chi connectivity index (χ2n) is 4.28. The number of aromatic nitrogens is 1. The van der Waals surface area contributed by atoms with Crippen molar-refractivity contribution in [3.05, 3.63) is 53.9 Å². The van der Waals surface area contributed by atoms with E-state index in [1.54, 1.807) is 24.4 Å². The van der Waals surface area contributed by atoms with Crippen LogP contribution in [0.1, 0.15) is 22.5 Å². The van der Waals surface area contributed by atoms with E-state index in [1.807, 2.05) is 25.1 Å². The number of hydrogen-bond acceptors (Lipinski definition) is 3. The summed E-state index contributed by atoms with van der Waals surface area (Å²) in [6, 6.07) is 10.9. The Kier molecular flexibility index (Phi) is 3.71. The molecule has 0 atom stereocenters. The second kappa shape index (κ2) is 5.44. The third-order valence-electron chi connectivity index (χ3n) is 2.84. The maximum absolute atomic E-state index is 11.8. The van der Waals surface area contributed by atoms with Crippen LogP contribution in [0, 0.1) is 6.92 Å². The number of carbonyl (C=O) groups is 2. The van der Waals surface area contributed by atoms with Gasteiger partial charge in [0.15, 0.2) is 5.78 Å². The quantitative estimate of drug-likeness (QED) is 0.671. The van der Waals surface area contributed by atoms with Gasteiger partial charge in [0, 0.05) is 23.0 Å². The topological polar surface area (TPSA) is 73.1 Å². The molecule has 2 rings (SSSR count). The van der Waals surface area contributed by atoms with Gasteiger partial charge < -0.3 is 5.73 Å². The van der Waals surface area contributed by atoms with Crippen molar-refractivity contribution >= 4 is 11.7 Å². The van der Waals surface area contributed by atoms with Gasteiger partial charge in [-0.15, -0.1) is 0 Å². The number of ketones is 1. The van der Waals surface area contributed by atoms with Crippen molar-refractivity contribution in [2.45, 2.75) is 13.3 Å². The third kappa shape index (κ3) is 3.04. The molecule has 0 spiro atoms. The molecule has 1 amide bonds. The summed E-state index contributed by atoms with van der Waals surface area (Å²) < 4.78 is 0. The first kappa shape index (κ1) is 13.0. The Labute approximate surface area is 111 Å². The summed E-state index contributed by atoms with van der Waals surface area (Å²) >= 11 is 0. The van der Waals surface area contributed by atoms with Crippen molar-refractivity contribution in [1.82, 2.24) is 4.98 Å². The molecule has 1 aromatic heterocycles. The van der Waals surface area contributed by atoms with Crippen molar-refractivity contribution in [3.63, 3.8) is 0 Å². The summed E-state index contributed by atoms with van der Waals surface area (Å²) in [5.74, 6) is -0.885. The fourth-order valence-corrected chi connectivity index (χ4v) is 1.91. The van der Waals surface area contributed by atoms with E-state index >= 15 is 0 Å². The monoisotopic (exact) mass is 254 g/mol. The second-order valence-corrected chi connectivity index (χ2v) is 4.28. The lowest BCUT2D eigenvalue weighted by atomic mass is 9.99. The van der Waals surface area contributed by atoms with E-state index in [0.29, 0.717) is 5.56 Å². The van der Waals surface area contributed by atoms with Crippen LogP contribution in [-0.4, -0.2) is 16.7 Å². The van der Waals surface area contributed by atoms with Crippen LogP contribution >= 0.6 is 0 Å². The van der Waals surface area contributed by atoms with Crippen LogP contribution in [-0.2, 0) is 4.79 Å². The van der Waals surface area contributed by atoms with Crippen molar-refractivity contribution in [1.29, 1.82) is 0 Å². The number of Topliss-reactive ketones (excluding diaryl/α,β-unsaturated/α-hetero) is 1. The molecule has 0 saturated carbocycles. The molecule has 4 heteroatoms. The summed E-state index contributed by atoms with van der Waals surface area (Å²) in [4.78, 5) is 26.8. The third-order valence-corrected chi connectivity index (χ3v) is 2.84. The average Bonchev–Trinajstić information content (AvgIpc) is 2.38. The van der Waals surface area contributed by atoms with E-state index in [9.17, 15) is 9.59 Å². The molecule has 2 aromatic rings. The van der Waals surface area contributed by atoms with Crippen LogP contribution in [0.25, 0.3) is 11.1 Å². The lowest BCUT2D eigenvalue weighted by Crippen LogP contribution is -2.16. The molecule has 0 aliphatic rings. The highest BCUT2D eigenvalue weighted by molar-refractivity contribution is 6.07. The first-order valence-electron chi connectivity index (χ1n) is 5.91. The molecule has 0 radical (unpaired) electrons. The predicted octanol–water partition coefficient (Wildman–Crippen LogP) is 2.12. The largest absolute Gasteiger partial charge is 0.369 e. The summed E-state index contributed by atoms with van der Waals surface area (Å²) in [6.07, 6.45) is 1.45. The Morgan fingerprint density at radius 2 is 2.00 bits per heavy atom. The Bertz CT molecular complexity index is 636. The fourth-order valence-electron chi connectivity index (χ4n) is 1.91. The summed E-state index contributed by atoms with van der Waals surface area (Å²) in [7, 11) is 0. The van der Waals surface area contributed by atoms with Crippen LogP contribution in [0.4, 0.5) is 0 Å². The SMILES string of the molecule is Cc1ncccc1-c1cccc(C(=O)CC(N)=O)c1. The Morgan fingerprint density at radius 1 is 1.21 bits per heavy atom. The highest BCUT2D eigenvalue weighted by Crippen LogP contribution is 2.23. The molecule has 0 aliphatic carbocycles. The number of amides is 1. The molecule has 19 heavy (non-hydrogen) atoms. The fraction of sp³-hybridized carbons (Fsp3) is 0.133. The zero-order chi connectivity index (χ0) is 13.8. The zero-order valence-corrected chi connectivity index (χ0v) is 10.6. The predicted molar refractivity (Wildman–Crippen MR) is 72.6 cm³/mol. The van der Waals surface area contributed by atoms with Crippen molar-refractivity contribution in [2.24, 2.45) is 5.73 Å². The van der Waals surface area contributed by atoms with E-state index in [0.717, 1.165) is 16.8 Å². The summed E-state index contributed by atoms with van der Waals surface area (Å²) in [6.45, 7) is 1.91. The highest BCUT2D eigenvalue weighted by Gasteiger charge is 2.10. The van der Waals surface area contributed by atoms with Crippen LogP contribution in [0.5, 0.6) is 0 Å². The lowest BCUT2D eigenvalue weighted by molar-refractivity contribution is -0.117. The van der Waals surface area contributed by atoms with Crippen LogP contribution in [0.15, 0.2) is 42.6 Å². The number of aryl methyl sites for hydroxylation is 1. The lowest BCUT2D eigenvalue weighted by Gasteiger charge is -2.06. The van der Waals surface area contributed by atoms with Crippen molar-refractivity contribution in [3.8, 4) is 11.1 Å². The molecular weight excluding hydrogens is 240 g/mol. The van der Waals surface area contributed by atoms with Crippen LogP contribution in [0.2, 0.25) is 0 Å². The van der Waals surface area contributed by atoms with E-state index < -0.39 is 5.91 Å². The summed E-state index contributed by atoms with van der Waals surface area (Å²) in [5, 5.41) is 0. The molecule has 1 aromatic carbocycles. The van der Waals surface area contributed by atoms with Gasteiger partial charge in [0.25, 0.3) is 0 Å². The summed E-state index contributed by atoms with van der Waals surface area (Å²) in [5.41, 5.74) is 8.28. The van der Waals surface area contributed by atoms with Crippen LogP contribution in [0.3, 0.4) is 0 Å². The van der Waals surface area contributed by atoms with Crippen LogP contribution < -0.4 is 5.73 Å². The molecule has 4 nitrogen and oxygen atoms in total. The number of benzene rings is 1. The van der Waals surface area contributed by atoms with Gasteiger partial charge in [-0.05, 0) is 24.6 Å². The van der Waals surface area contributed by atoms with Gasteiger partial charge in [0.2, 0.25) is 5.91 Å². The van der Waals surface area contributed by atoms with Gasteiger partial charge in [0.05, 0.1) is 6.42 Å². The number of rotatable bonds is 4. The highest BCUT2D eigenvalue weighted by atomic mass is 16.2. The first-order chi connectivity index (χ1) is 9.08.